The molecule has 1 aromatic carbocycles. The number of esters is 1. The number of benzene rings is 1. The van der Waals surface area contributed by atoms with Gasteiger partial charge in [-0.25, -0.2) is 4.79 Å². The summed E-state index contributed by atoms with van der Waals surface area (Å²) >= 11 is 0. The van der Waals surface area contributed by atoms with Gasteiger partial charge in [-0.1, -0.05) is 19.4 Å². The maximum Gasteiger partial charge on any atom is 0.331 e. The fraction of sp³-hybridized carbons (Fsp3) is 0.500. The Morgan fingerprint density at radius 1 is 1.20 bits per heavy atom. The molecule has 0 saturated heterocycles. The molecule has 0 radical (unpaired) electrons. The van der Waals surface area contributed by atoms with E-state index in [1.165, 1.54) is 19.3 Å². The van der Waals surface area contributed by atoms with E-state index < -0.39 is 21.7 Å². The second-order valence-electron chi connectivity index (χ2n) is 6.48. The number of methoxy groups -OCH3 is 1. The molecule has 0 unspecified atom stereocenters. The summed E-state index contributed by atoms with van der Waals surface area (Å²) in [5.74, 6) is -0.124. The summed E-state index contributed by atoms with van der Waals surface area (Å²) < 4.78 is 39.3. The molecule has 0 amide bonds. The van der Waals surface area contributed by atoms with Gasteiger partial charge in [0, 0.05) is 6.08 Å². The van der Waals surface area contributed by atoms with Crippen LogP contribution in [0.5, 0.6) is 11.5 Å². The molecule has 1 rings (SSSR count). The van der Waals surface area contributed by atoms with Crippen molar-refractivity contribution in [1.29, 1.82) is 0 Å². The van der Waals surface area contributed by atoms with Gasteiger partial charge in [0.25, 0.3) is 0 Å². The molecule has 0 bridgehead atoms. The number of carbonyl (C=O) groups excluding carboxylic acids is 1. The highest BCUT2D eigenvalue weighted by Crippen LogP contribution is 2.30. The van der Waals surface area contributed by atoms with Crippen molar-refractivity contribution < 1.29 is 26.9 Å². The highest BCUT2D eigenvalue weighted by Gasteiger charge is 2.16. The molecule has 0 N–H and O–H groups in total. The Hall–Kier alpha value is -2.02. The van der Waals surface area contributed by atoms with Crippen LogP contribution in [0.2, 0.25) is 0 Å². The van der Waals surface area contributed by atoms with Crippen LogP contribution >= 0.6 is 0 Å². The fourth-order valence-corrected chi connectivity index (χ4v) is 2.99. The molecule has 140 valence electrons. The quantitative estimate of drug-likeness (QED) is 0.395. The molecule has 0 aliphatic heterocycles. The lowest BCUT2D eigenvalue weighted by Gasteiger charge is -2.17. The van der Waals surface area contributed by atoms with E-state index >= 15 is 0 Å². The zero-order chi connectivity index (χ0) is 19.1. The summed E-state index contributed by atoms with van der Waals surface area (Å²) in [5, 5.41) is 0. The van der Waals surface area contributed by atoms with E-state index in [1.807, 2.05) is 6.92 Å². The fourth-order valence-electron chi connectivity index (χ4n) is 1.86. The lowest BCUT2D eigenvalue weighted by molar-refractivity contribution is -0.148. The van der Waals surface area contributed by atoms with Crippen molar-refractivity contribution in [3.05, 3.63) is 29.8 Å². The maximum absolute atomic E-state index is 11.9. The molecule has 0 spiro atoms. The van der Waals surface area contributed by atoms with E-state index in [1.54, 1.807) is 39.0 Å². The Kier molecular flexibility index (Phi) is 7.48. The summed E-state index contributed by atoms with van der Waals surface area (Å²) in [6.07, 6.45) is 4.15. The summed E-state index contributed by atoms with van der Waals surface area (Å²) in [4.78, 5) is 11.7. The molecule has 1 aromatic rings. The number of unbranched alkanes of at least 4 members (excludes halogenated alkanes) is 1. The van der Waals surface area contributed by atoms with E-state index in [0.29, 0.717) is 12.0 Å². The first-order valence-electron chi connectivity index (χ1n) is 8.07. The second kappa shape index (κ2) is 8.89. The third-order valence-electron chi connectivity index (χ3n) is 2.97. The van der Waals surface area contributed by atoms with E-state index in [4.69, 9.17) is 13.7 Å². The first-order chi connectivity index (χ1) is 11.6. The number of carbonyl (C=O) groups is 1. The van der Waals surface area contributed by atoms with Gasteiger partial charge in [-0.2, -0.15) is 8.42 Å². The summed E-state index contributed by atoms with van der Waals surface area (Å²) in [6, 6.07) is 4.72. The molecule has 6 nitrogen and oxygen atoms in total. The van der Waals surface area contributed by atoms with Crippen molar-refractivity contribution in [3.8, 4) is 11.5 Å². The van der Waals surface area contributed by atoms with Gasteiger partial charge < -0.3 is 13.7 Å². The first kappa shape index (κ1) is 21.0. The third-order valence-corrected chi connectivity index (χ3v) is 4.19. The molecule has 0 heterocycles. The van der Waals surface area contributed by atoms with E-state index in [-0.39, 0.29) is 17.3 Å². The molecular weight excluding hydrogens is 344 g/mol. The van der Waals surface area contributed by atoms with E-state index in [2.05, 4.69) is 0 Å². The minimum absolute atomic E-state index is 0.0487. The predicted octanol–water partition coefficient (Wildman–Crippen LogP) is 3.56. The van der Waals surface area contributed by atoms with Gasteiger partial charge in [-0.05, 0) is 51.0 Å². The molecule has 0 aromatic heterocycles. The highest BCUT2D eigenvalue weighted by atomic mass is 32.2. The SMILES string of the molecule is CCCCS(=O)(=O)Oc1ccc(C=CC(=O)OC(C)(C)C)cc1OC. The largest absolute Gasteiger partial charge is 0.493 e. The predicted molar refractivity (Wildman–Crippen MR) is 97.2 cm³/mol. The lowest BCUT2D eigenvalue weighted by atomic mass is 10.2. The highest BCUT2D eigenvalue weighted by molar-refractivity contribution is 7.87. The summed E-state index contributed by atoms with van der Waals surface area (Å²) in [6.45, 7) is 7.26. The van der Waals surface area contributed by atoms with Crippen LogP contribution in [-0.4, -0.2) is 32.9 Å². The van der Waals surface area contributed by atoms with Gasteiger partial charge in [0.05, 0.1) is 12.9 Å². The second-order valence-corrected chi connectivity index (χ2v) is 8.17. The number of hydrogen-bond acceptors (Lipinski definition) is 6. The monoisotopic (exact) mass is 370 g/mol. The molecular formula is C18H26O6S. The van der Waals surface area contributed by atoms with Crippen LogP contribution in [-0.2, 0) is 19.6 Å². The average Bonchev–Trinajstić information content (AvgIpc) is 2.50. The Morgan fingerprint density at radius 3 is 2.44 bits per heavy atom. The van der Waals surface area contributed by atoms with Crippen molar-refractivity contribution in [1.82, 2.24) is 0 Å². The molecule has 0 fully saturated rings. The lowest BCUT2D eigenvalue weighted by Crippen LogP contribution is -2.22. The van der Waals surface area contributed by atoms with Crippen LogP contribution in [0.3, 0.4) is 0 Å². The zero-order valence-corrected chi connectivity index (χ0v) is 16.2. The first-order valence-corrected chi connectivity index (χ1v) is 9.65. The summed E-state index contributed by atoms with van der Waals surface area (Å²) in [7, 11) is -2.24. The molecule has 0 aliphatic rings. The minimum Gasteiger partial charge on any atom is -0.493 e. The number of rotatable bonds is 8. The minimum atomic E-state index is -3.66. The smallest absolute Gasteiger partial charge is 0.331 e. The van der Waals surface area contributed by atoms with Crippen LogP contribution in [0.15, 0.2) is 24.3 Å². The zero-order valence-electron chi connectivity index (χ0n) is 15.4. The Morgan fingerprint density at radius 2 is 1.88 bits per heavy atom. The molecule has 25 heavy (non-hydrogen) atoms. The van der Waals surface area contributed by atoms with E-state index in [9.17, 15) is 13.2 Å². The average molecular weight is 370 g/mol. The van der Waals surface area contributed by atoms with Crippen molar-refractivity contribution in [2.45, 2.75) is 46.1 Å². The van der Waals surface area contributed by atoms with Gasteiger partial charge >= 0.3 is 16.1 Å². The third kappa shape index (κ3) is 8.07. The maximum atomic E-state index is 11.9. The van der Waals surface area contributed by atoms with Crippen molar-refractivity contribution in [3.63, 3.8) is 0 Å². The summed E-state index contributed by atoms with van der Waals surface area (Å²) in [5.41, 5.74) is 0.0879. The van der Waals surface area contributed by atoms with Crippen LogP contribution in [0.1, 0.15) is 46.1 Å². The van der Waals surface area contributed by atoms with Gasteiger partial charge in [0.2, 0.25) is 0 Å². The normalized spacial score (nSPS) is 12.2. The van der Waals surface area contributed by atoms with Gasteiger partial charge in [-0.3, -0.25) is 0 Å². The standard InChI is InChI=1S/C18H26O6S/c1-6-7-12-25(20,21)24-15-10-8-14(13-16(15)22-5)9-11-17(19)23-18(2,3)4/h8-11,13H,6-7,12H2,1-5H3. The van der Waals surface area contributed by atoms with Crippen molar-refractivity contribution in [2.75, 3.05) is 12.9 Å². The molecule has 0 atom stereocenters. The van der Waals surface area contributed by atoms with E-state index in [0.717, 1.165) is 6.42 Å². The van der Waals surface area contributed by atoms with Crippen LogP contribution in [0.4, 0.5) is 0 Å². The van der Waals surface area contributed by atoms with Gasteiger partial charge in [-0.15, -0.1) is 0 Å². The molecule has 0 aliphatic carbocycles. The Balaban J connectivity index is 2.90. The van der Waals surface area contributed by atoms with Crippen molar-refractivity contribution >= 4 is 22.2 Å². The topological polar surface area (TPSA) is 78.9 Å². The van der Waals surface area contributed by atoms with Crippen LogP contribution in [0, 0.1) is 0 Å². The van der Waals surface area contributed by atoms with Crippen LogP contribution in [0.25, 0.3) is 6.08 Å². The molecule has 0 saturated carbocycles. The van der Waals surface area contributed by atoms with Crippen LogP contribution < -0.4 is 8.92 Å². The van der Waals surface area contributed by atoms with Gasteiger partial charge in [0.15, 0.2) is 11.5 Å². The Labute approximate surface area is 149 Å². The van der Waals surface area contributed by atoms with Crippen molar-refractivity contribution in [2.24, 2.45) is 0 Å². The number of hydrogen-bond donors (Lipinski definition) is 0. The van der Waals surface area contributed by atoms with Gasteiger partial charge in [0.1, 0.15) is 5.60 Å². The Bertz CT molecular complexity index is 714. The molecule has 7 heteroatoms. The number of ether oxygens (including phenoxy) is 2.